The van der Waals surface area contributed by atoms with Gasteiger partial charge in [-0.3, -0.25) is 0 Å². The Bertz CT molecular complexity index is 467. The lowest BCUT2D eigenvalue weighted by molar-refractivity contribution is 0.244. The average molecular weight is 215 g/mol. The molecular weight excluding hydrogens is 198 g/mol. The normalized spacial score (nSPS) is 12.6. The van der Waals surface area contributed by atoms with Crippen LogP contribution in [-0.2, 0) is 0 Å². The summed E-state index contributed by atoms with van der Waals surface area (Å²) in [7, 11) is 0. The van der Waals surface area contributed by atoms with Crippen LogP contribution in [0.4, 0.5) is 5.69 Å². The molecule has 2 heteroatoms. The molecule has 2 rings (SSSR count). The number of rotatable bonds is 4. The van der Waals surface area contributed by atoms with Gasteiger partial charge >= 0.3 is 0 Å². The van der Waals surface area contributed by atoms with Gasteiger partial charge in [-0.25, -0.2) is 0 Å². The van der Waals surface area contributed by atoms with Crippen LogP contribution in [0.3, 0.4) is 0 Å². The Labute approximate surface area is 95.9 Å². The van der Waals surface area contributed by atoms with Crippen LogP contribution in [-0.4, -0.2) is 18.3 Å². The minimum Gasteiger partial charge on any atom is -0.396 e. The van der Waals surface area contributed by atoms with E-state index in [0.717, 1.165) is 12.2 Å². The van der Waals surface area contributed by atoms with Gasteiger partial charge in [0.15, 0.2) is 0 Å². The molecule has 0 saturated heterocycles. The van der Waals surface area contributed by atoms with Crippen LogP contribution < -0.4 is 5.32 Å². The topological polar surface area (TPSA) is 32.3 Å². The third kappa shape index (κ3) is 2.52. The van der Waals surface area contributed by atoms with Crippen molar-refractivity contribution in [3.05, 3.63) is 42.5 Å². The van der Waals surface area contributed by atoms with Gasteiger partial charge in [0.25, 0.3) is 0 Å². The molecule has 0 aliphatic carbocycles. The van der Waals surface area contributed by atoms with E-state index in [1.165, 1.54) is 10.8 Å². The number of aliphatic hydroxyl groups is 1. The highest BCUT2D eigenvalue weighted by atomic mass is 16.3. The molecule has 0 fully saturated rings. The molecule has 1 unspecified atom stereocenters. The van der Waals surface area contributed by atoms with E-state index in [9.17, 15) is 0 Å². The van der Waals surface area contributed by atoms with Crippen LogP contribution in [0.2, 0.25) is 0 Å². The molecule has 0 heterocycles. The molecule has 0 aliphatic heterocycles. The molecule has 2 N–H and O–H groups in total. The summed E-state index contributed by atoms with van der Waals surface area (Å²) in [5, 5.41) is 14.8. The molecule has 2 aromatic rings. The average Bonchev–Trinajstić information content (AvgIpc) is 2.35. The summed E-state index contributed by atoms with van der Waals surface area (Å²) in [6, 6.07) is 14.6. The van der Waals surface area contributed by atoms with Gasteiger partial charge in [0.1, 0.15) is 0 Å². The quantitative estimate of drug-likeness (QED) is 0.822. The molecule has 0 amide bonds. The predicted octanol–water partition coefficient (Wildman–Crippen LogP) is 2.88. The molecule has 0 aromatic heterocycles. The molecule has 0 spiro atoms. The van der Waals surface area contributed by atoms with Gasteiger partial charge in [0.2, 0.25) is 0 Å². The minimum atomic E-state index is 0.223. The Balaban J connectivity index is 2.13. The van der Waals surface area contributed by atoms with Crippen LogP contribution in [0.25, 0.3) is 10.8 Å². The van der Waals surface area contributed by atoms with Crippen LogP contribution in [0, 0.1) is 5.92 Å². The van der Waals surface area contributed by atoms with Gasteiger partial charge in [0.05, 0.1) is 0 Å². The Hall–Kier alpha value is -1.54. The van der Waals surface area contributed by atoms with E-state index >= 15 is 0 Å². The molecular formula is C14H17NO. The third-order valence-corrected chi connectivity index (χ3v) is 2.72. The maximum atomic E-state index is 8.94. The van der Waals surface area contributed by atoms with E-state index in [1.54, 1.807) is 0 Å². The molecule has 1 atom stereocenters. The van der Waals surface area contributed by atoms with Crippen LogP contribution in [0.1, 0.15) is 6.92 Å². The van der Waals surface area contributed by atoms with Crippen molar-refractivity contribution in [2.24, 2.45) is 5.92 Å². The highest BCUT2D eigenvalue weighted by Gasteiger charge is 2.00. The first kappa shape index (κ1) is 11.0. The second-order valence-electron chi connectivity index (χ2n) is 4.23. The van der Waals surface area contributed by atoms with E-state index in [0.29, 0.717) is 0 Å². The molecule has 0 bridgehead atoms. The summed E-state index contributed by atoms with van der Waals surface area (Å²) in [5.41, 5.74) is 1.11. The fraction of sp³-hybridized carbons (Fsp3) is 0.286. The Kier molecular flexibility index (Phi) is 3.42. The third-order valence-electron chi connectivity index (χ3n) is 2.72. The minimum absolute atomic E-state index is 0.223. The van der Waals surface area contributed by atoms with Crippen LogP contribution in [0.15, 0.2) is 42.5 Å². The highest BCUT2D eigenvalue weighted by Crippen LogP contribution is 2.18. The van der Waals surface area contributed by atoms with Gasteiger partial charge in [0, 0.05) is 18.8 Å². The zero-order chi connectivity index (χ0) is 11.4. The maximum absolute atomic E-state index is 8.94. The number of aliphatic hydroxyl groups excluding tert-OH is 1. The van der Waals surface area contributed by atoms with Crippen molar-refractivity contribution in [3.63, 3.8) is 0 Å². The summed E-state index contributed by atoms with van der Waals surface area (Å²) >= 11 is 0. The molecule has 0 saturated carbocycles. The molecule has 0 radical (unpaired) electrons. The molecule has 2 nitrogen and oxygen atoms in total. The summed E-state index contributed by atoms with van der Waals surface area (Å²) in [6.45, 7) is 3.05. The van der Waals surface area contributed by atoms with Crippen molar-refractivity contribution in [2.45, 2.75) is 6.92 Å². The predicted molar refractivity (Wildman–Crippen MR) is 68.7 cm³/mol. The Morgan fingerprint density at radius 3 is 2.62 bits per heavy atom. The second kappa shape index (κ2) is 4.99. The monoisotopic (exact) mass is 215 g/mol. The molecule has 2 aromatic carbocycles. The highest BCUT2D eigenvalue weighted by molar-refractivity contribution is 5.85. The SMILES string of the molecule is CC(CO)CNc1ccc2ccccc2c1. The number of benzene rings is 2. The Morgan fingerprint density at radius 2 is 1.88 bits per heavy atom. The maximum Gasteiger partial charge on any atom is 0.0473 e. The number of hydrogen-bond donors (Lipinski definition) is 2. The smallest absolute Gasteiger partial charge is 0.0473 e. The van der Waals surface area contributed by atoms with Crippen LogP contribution in [0.5, 0.6) is 0 Å². The number of fused-ring (bicyclic) bond motifs is 1. The molecule has 16 heavy (non-hydrogen) atoms. The first-order valence-electron chi connectivity index (χ1n) is 5.63. The van der Waals surface area contributed by atoms with Crippen molar-refractivity contribution >= 4 is 16.5 Å². The van der Waals surface area contributed by atoms with E-state index in [2.05, 4.69) is 35.6 Å². The van der Waals surface area contributed by atoms with Crippen molar-refractivity contribution in [1.82, 2.24) is 0 Å². The fourth-order valence-corrected chi connectivity index (χ4v) is 1.66. The zero-order valence-electron chi connectivity index (χ0n) is 9.48. The van der Waals surface area contributed by atoms with E-state index in [-0.39, 0.29) is 12.5 Å². The van der Waals surface area contributed by atoms with Gasteiger partial charge in [-0.2, -0.15) is 0 Å². The van der Waals surface area contributed by atoms with Gasteiger partial charge in [-0.1, -0.05) is 37.3 Å². The van der Waals surface area contributed by atoms with Crippen molar-refractivity contribution in [3.8, 4) is 0 Å². The van der Waals surface area contributed by atoms with Gasteiger partial charge in [-0.05, 0) is 28.8 Å². The van der Waals surface area contributed by atoms with Crippen molar-refractivity contribution in [1.29, 1.82) is 0 Å². The number of anilines is 1. The van der Waals surface area contributed by atoms with Crippen LogP contribution >= 0.6 is 0 Å². The fourth-order valence-electron chi connectivity index (χ4n) is 1.66. The zero-order valence-corrected chi connectivity index (χ0v) is 9.48. The lowest BCUT2D eigenvalue weighted by Gasteiger charge is -2.11. The summed E-state index contributed by atoms with van der Waals surface area (Å²) in [5.74, 6) is 0.284. The van der Waals surface area contributed by atoms with Crippen molar-refractivity contribution in [2.75, 3.05) is 18.5 Å². The molecule has 84 valence electrons. The van der Waals surface area contributed by atoms with Gasteiger partial charge < -0.3 is 10.4 Å². The van der Waals surface area contributed by atoms with E-state index < -0.39 is 0 Å². The van der Waals surface area contributed by atoms with Crippen molar-refractivity contribution < 1.29 is 5.11 Å². The number of nitrogens with one attached hydrogen (secondary N) is 1. The summed E-state index contributed by atoms with van der Waals surface area (Å²) in [4.78, 5) is 0. The van der Waals surface area contributed by atoms with Gasteiger partial charge in [-0.15, -0.1) is 0 Å². The largest absolute Gasteiger partial charge is 0.396 e. The first-order valence-corrected chi connectivity index (χ1v) is 5.63. The lowest BCUT2D eigenvalue weighted by atomic mass is 10.1. The lowest BCUT2D eigenvalue weighted by Crippen LogP contribution is -2.14. The van der Waals surface area contributed by atoms with E-state index in [1.807, 2.05) is 19.1 Å². The van der Waals surface area contributed by atoms with E-state index in [4.69, 9.17) is 5.11 Å². The summed E-state index contributed by atoms with van der Waals surface area (Å²) < 4.78 is 0. The first-order chi connectivity index (χ1) is 7.79. The number of hydrogen-bond acceptors (Lipinski definition) is 2. The summed E-state index contributed by atoms with van der Waals surface area (Å²) in [6.07, 6.45) is 0. The standard InChI is InChI=1S/C14H17NO/c1-11(10-16)9-15-14-7-6-12-4-2-3-5-13(12)8-14/h2-8,11,15-16H,9-10H2,1H3. The second-order valence-corrected chi connectivity index (χ2v) is 4.23. The Morgan fingerprint density at radius 1 is 1.12 bits per heavy atom. The molecule has 0 aliphatic rings.